The van der Waals surface area contributed by atoms with Gasteiger partial charge in [-0.05, 0) is 33.1 Å². The highest BCUT2D eigenvalue weighted by Gasteiger charge is 2.33. The normalized spacial score (nSPS) is 17.9. The van der Waals surface area contributed by atoms with E-state index in [1.165, 1.54) is 19.3 Å². The van der Waals surface area contributed by atoms with Gasteiger partial charge in [-0.3, -0.25) is 4.68 Å². The van der Waals surface area contributed by atoms with Gasteiger partial charge in [-0.15, -0.1) is 0 Å². The minimum absolute atomic E-state index is 0.180. The Kier molecular flexibility index (Phi) is 2.66. The van der Waals surface area contributed by atoms with Crippen LogP contribution in [-0.4, -0.2) is 20.3 Å². The molecule has 1 aromatic heterocycles. The van der Waals surface area contributed by atoms with Crippen LogP contribution in [0.15, 0.2) is 0 Å². The molecule has 4 nitrogen and oxygen atoms in total. The van der Waals surface area contributed by atoms with Crippen LogP contribution in [0, 0.1) is 6.92 Å². The van der Waals surface area contributed by atoms with Crippen molar-refractivity contribution >= 4 is 23.0 Å². The summed E-state index contributed by atoms with van der Waals surface area (Å²) in [4.78, 5) is 0.413. The molecule has 1 aliphatic carbocycles. The Hall–Kier alpha value is -1.10. The van der Waals surface area contributed by atoms with E-state index in [4.69, 9.17) is 18.0 Å². The van der Waals surface area contributed by atoms with Gasteiger partial charge < -0.3 is 11.1 Å². The predicted octanol–water partition coefficient (Wildman–Crippen LogP) is 1.72. The van der Waals surface area contributed by atoms with E-state index in [0.717, 1.165) is 17.1 Å². The fraction of sp³-hybridized carbons (Fsp3) is 0.636. The van der Waals surface area contributed by atoms with Crippen LogP contribution in [0.4, 0.5) is 5.82 Å². The number of rotatable bonds is 3. The van der Waals surface area contributed by atoms with E-state index in [2.05, 4.69) is 17.3 Å². The van der Waals surface area contributed by atoms with Crippen molar-refractivity contribution in [3.05, 3.63) is 11.3 Å². The highest BCUT2D eigenvalue weighted by atomic mass is 32.1. The Bertz CT molecular complexity index is 431. The van der Waals surface area contributed by atoms with Crippen LogP contribution in [0.3, 0.4) is 0 Å². The standard InChI is InChI=1S/C11H18N4S/c1-7-8(9(12)16)10(15(3)14-7)13-11(2)5-4-6-11/h13H,4-6H2,1-3H3,(H2,12,16). The third kappa shape index (κ3) is 1.80. The van der Waals surface area contributed by atoms with Crippen LogP contribution in [0.5, 0.6) is 0 Å². The molecule has 0 amide bonds. The second kappa shape index (κ2) is 3.73. The molecule has 1 fully saturated rings. The van der Waals surface area contributed by atoms with Crippen LogP contribution in [-0.2, 0) is 7.05 Å². The summed E-state index contributed by atoms with van der Waals surface area (Å²) in [5.41, 5.74) is 7.69. The summed E-state index contributed by atoms with van der Waals surface area (Å²) in [6, 6.07) is 0. The number of nitrogens with two attached hydrogens (primary N) is 1. The lowest BCUT2D eigenvalue weighted by Gasteiger charge is -2.40. The summed E-state index contributed by atoms with van der Waals surface area (Å²) in [5.74, 6) is 0.951. The van der Waals surface area contributed by atoms with Gasteiger partial charge in [0.2, 0.25) is 0 Å². The smallest absolute Gasteiger partial charge is 0.134 e. The van der Waals surface area contributed by atoms with E-state index in [1.807, 2.05) is 18.7 Å². The molecule has 1 saturated carbocycles. The van der Waals surface area contributed by atoms with Crippen LogP contribution in [0.2, 0.25) is 0 Å². The summed E-state index contributed by atoms with van der Waals surface area (Å²) in [7, 11) is 1.92. The van der Waals surface area contributed by atoms with Gasteiger partial charge in [-0.25, -0.2) is 0 Å². The lowest BCUT2D eigenvalue weighted by atomic mass is 9.78. The second-order valence-electron chi connectivity index (χ2n) is 4.84. The van der Waals surface area contributed by atoms with Gasteiger partial charge in [0.05, 0.1) is 11.3 Å². The average molecular weight is 238 g/mol. The number of nitrogens with one attached hydrogen (secondary N) is 1. The van der Waals surface area contributed by atoms with Crippen LogP contribution in [0.1, 0.15) is 37.4 Å². The maximum absolute atomic E-state index is 5.75. The Morgan fingerprint density at radius 1 is 1.56 bits per heavy atom. The number of thiocarbonyl (C=S) groups is 1. The Morgan fingerprint density at radius 2 is 2.19 bits per heavy atom. The fourth-order valence-corrected chi connectivity index (χ4v) is 2.46. The zero-order valence-electron chi connectivity index (χ0n) is 10.0. The van der Waals surface area contributed by atoms with Gasteiger partial charge in [0, 0.05) is 12.6 Å². The molecule has 0 saturated heterocycles. The van der Waals surface area contributed by atoms with Crippen molar-refractivity contribution in [1.82, 2.24) is 9.78 Å². The van der Waals surface area contributed by atoms with Crippen molar-refractivity contribution < 1.29 is 0 Å². The van der Waals surface area contributed by atoms with E-state index >= 15 is 0 Å². The summed E-state index contributed by atoms with van der Waals surface area (Å²) in [6.07, 6.45) is 3.66. The molecule has 0 radical (unpaired) electrons. The average Bonchev–Trinajstić information content (AvgIpc) is 2.39. The van der Waals surface area contributed by atoms with Crippen molar-refractivity contribution in [3.63, 3.8) is 0 Å². The van der Waals surface area contributed by atoms with E-state index in [1.54, 1.807) is 0 Å². The Morgan fingerprint density at radius 3 is 2.62 bits per heavy atom. The maximum atomic E-state index is 5.75. The first-order valence-corrected chi connectivity index (χ1v) is 5.95. The highest BCUT2D eigenvalue weighted by Crippen LogP contribution is 2.35. The van der Waals surface area contributed by atoms with Crippen molar-refractivity contribution in [2.75, 3.05) is 5.32 Å². The quantitative estimate of drug-likeness (QED) is 0.787. The molecule has 1 aliphatic rings. The van der Waals surface area contributed by atoms with Gasteiger partial charge in [0.25, 0.3) is 0 Å². The third-order valence-electron chi connectivity index (χ3n) is 3.35. The number of hydrogen-bond donors (Lipinski definition) is 2. The molecule has 0 unspecified atom stereocenters. The molecule has 1 heterocycles. The zero-order valence-corrected chi connectivity index (χ0v) is 10.8. The van der Waals surface area contributed by atoms with Crippen LogP contribution < -0.4 is 11.1 Å². The van der Waals surface area contributed by atoms with Crippen molar-refractivity contribution in [2.24, 2.45) is 12.8 Å². The third-order valence-corrected chi connectivity index (χ3v) is 3.55. The van der Waals surface area contributed by atoms with Gasteiger partial charge in [0.15, 0.2) is 0 Å². The number of anilines is 1. The summed E-state index contributed by atoms with van der Waals surface area (Å²) >= 11 is 5.08. The molecule has 16 heavy (non-hydrogen) atoms. The zero-order chi connectivity index (χ0) is 11.9. The minimum atomic E-state index is 0.180. The SMILES string of the molecule is Cc1nn(C)c(NC2(C)CCC2)c1C(N)=S. The van der Waals surface area contributed by atoms with Gasteiger partial charge in [-0.1, -0.05) is 12.2 Å². The van der Waals surface area contributed by atoms with Crippen molar-refractivity contribution in [1.29, 1.82) is 0 Å². The highest BCUT2D eigenvalue weighted by molar-refractivity contribution is 7.80. The Labute approximate surface area is 101 Å². The molecular weight excluding hydrogens is 220 g/mol. The molecule has 3 N–H and O–H groups in total. The number of aryl methyl sites for hydroxylation is 2. The largest absolute Gasteiger partial charge is 0.389 e. The van der Waals surface area contributed by atoms with Gasteiger partial charge in [0.1, 0.15) is 10.8 Å². The first kappa shape index (κ1) is 11.4. The molecule has 0 bridgehead atoms. The second-order valence-corrected chi connectivity index (χ2v) is 5.28. The molecule has 0 atom stereocenters. The fourth-order valence-electron chi connectivity index (χ4n) is 2.21. The lowest BCUT2D eigenvalue weighted by Crippen LogP contribution is -2.42. The van der Waals surface area contributed by atoms with Crippen molar-refractivity contribution in [3.8, 4) is 0 Å². The van der Waals surface area contributed by atoms with Gasteiger partial charge >= 0.3 is 0 Å². The van der Waals surface area contributed by atoms with E-state index in [9.17, 15) is 0 Å². The molecular formula is C11H18N4S. The van der Waals surface area contributed by atoms with Crippen molar-refractivity contribution in [2.45, 2.75) is 38.6 Å². The lowest BCUT2D eigenvalue weighted by molar-refractivity contribution is 0.304. The van der Waals surface area contributed by atoms with E-state index in [-0.39, 0.29) is 5.54 Å². The molecule has 2 rings (SSSR count). The summed E-state index contributed by atoms with van der Waals surface area (Å²) < 4.78 is 1.83. The van der Waals surface area contributed by atoms with Gasteiger partial charge in [-0.2, -0.15) is 5.10 Å². The molecule has 0 aliphatic heterocycles. The number of hydrogen-bond acceptors (Lipinski definition) is 3. The van der Waals surface area contributed by atoms with Crippen LogP contribution in [0.25, 0.3) is 0 Å². The van der Waals surface area contributed by atoms with E-state index < -0.39 is 0 Å². The minimum Gasteiger partial charge on any atom is -0.389 e. The molecule has 88 valence electrons. The molecule has 0 spiro atoms. The molecule has 0 aromatic carbocycles. The number of nitrogens with zero attached hydrogens (tertiary/aromatic N) is 2. The summed E-state index contributed by atoms with van der Waals surface area (Å²) in [6.45, 7) is 4.16. The van der Waals surface area contributed by atoms with E-state index in [0.29, 0.717) is 4.99 Å². The predicted molar refractivity (Wildman–Crippen MR) is 69.7 cm³/mol. The topological polar surface area (TPSA) is 55.9 Å². The first-order chi connectivity index (χ1) is 7.43. The first-order valence-electron chi connectivity index (χ1n) is 5.54. The molecule has 1 aromatic rings. The number of aromatic nitrogens is 2. The Balaban J connectivity index is 2.35. The molecule has 5 heteroatoms. The monoisotopic (exact) mass is 238 g/mol. The maximum Gasteiger partial charge on any atom is 0.134 e. The summed E-state index contributed by atoms with van der Waals surface area (Å²) in [5, 5.41) is 7.89. The van der Waals surface area contributed by atoms with Crippen LogP contribution >= 0.6 is 12.2 Å².